The summed E-state index contributed by atoms with van der Waals surface area (Å²) in [5.74, 6) is -14.1. The van der Waals surface area contributed by atoms with Crippen molar-refractivity contribution < 1.29 is 49.0 Å². The second-order valence-corrected chi connectivity index (χ2v) is 3.93. The largest absolute Gasteiger partial charge is 0.421 e. The highest BCUT2D eigenvalue weighted by molar-refractivity contribution is 5.87. The molecule has 0 aromatic heterocycles. The minimum Gasteiger partial charge on any atom is -0.421 e. The Morgan fingerprint density at radius 1 is 1.00 bits per heavy atom. The molecule has 0 aromatic carbocycles. The second-order valence-electron chi connectivity index (χ2n) is 3.93. The van der Waals surface area contributed by atoms with Gasteiger partial charge < -0.3 is 4.74 Å². The van der Waals surface area contributed by atoms with Crippen LogP contribution in [0.4, 0.5) is 39.5 Å². The second kappa shape index (κ2) is 6.56. The minimum absolute atomic E-state index is 0.649. The van der Waals surface area contributed by atoms with Gasteiger partial charge >= 0.3 is 24.2 Å². The van der Waals surface area contributed by atoms with Crippen LogP contribution >= 0.6 is 0 Å². The number of hydrogen-bond acceptors (Lipinski definition) is 2. The van der Waals surface area contributed by atoms with Crippen LogP contribution in [0.5, 0.6) is 0 Å². The molecule has 3 atom stereocenters. The molecular weight excluding hydrogens is 323 g/mol. The average Bonchev–Trinajstić information content (AvgIpc) is 2.35. The molecule has 0 aliphatic rings. The molecule has 0 rings (SSSR count). The lowest BCUT2D eigenvalue weighted by atomic mass is 10.0. The Labute approximate surface area is 112 Å². The number of rotatable bonds is 7. The van der Waals surface area contributed by atoms with E-state index in [1.807, 2.05) is 0 Å². The van der Waals surface area contributed by atoms with Crippen molar-refractivity contribution >= 4 is 5.97 Å². The summed E-state index contributed by atoms with van der Waals surface area (Å²) in [6.45, 7) is 3.69. The molecule has 0 heterocycles. The Kier molecular flexibility index (Phi) is 6.12. The molecule has 124 valence electrons. The molecule has 21 heavy (non-hydrogen) atoms. The monoisotopic (exact) mass is 332 g/mol. The van der Waals surface area contributed by atoms with Gasteiger partial charge in [-0.2, -0.15) is 22.0 Å². The van der Waals surface area contributed by atoms with E-state index >= 15 is 0 Å². The van der Waals surface area contributed by atoms with Crippen molar-refractivity contribution in [2.75, 3.05) is 0 Å². The van der Waals surface area contributed by atoms with Crippen molar-refractivity contribution in [3.8, 4) is 0 Å². The maximum Gasteiger partial charge on any atom is 0.378 e. The maximum absolute atomic E-state index is 13.0. The first-order valence-corrected chi connectivity index (χ1v) is 5.09. The van der Waals surface area contributed by atoms with Gasteiger partial charge in [0.15, 0.2) is 6.17 Å². The highest BCUT2D eigenvalue weighted by atomic mass is 19.3. The van der Waals surface area contributed by atoms with Crippen molar-refractivity contribution in [3.05, 3.63) is 12.2 Å². The maximum atomic E-state index is 13.0. The zero-order valence-corrected chi connectivity index (χ0v) is 10.2. The van der Waals surface area contributed by atoms with E-state index in [1.165, 1.54) is 0 Å². The molecule has 0 fully saturated rings. The molecular formula is C10H9F9O2. The topological polar surface area (TPSA) is 26.3 Å². The van der Waals surface area contributed by atoms with E-state index in [2.05, 4.69) is 11.3 Å². The van der Waals surface area contributed by atoms with Gasteiger partial charge in [0.25, 0.3) is 6.43 Å². The van der Waals surface area contributed by atoms with Crippen LogP contribution in [-0.4, -0.2) is 42.9 Å². The number of carbonyl (C=O) groups excluding carboxylic acids is 1. The van der Waals surface area contributed by atoms with Crippen molar-refractivity contribution in [1.82, 2.24) is 0 Å². The lowest BCUT2D eigenvalue weighted by Gasteiger charge is -2.31. The summed E-state index contributed by atoms with van der Waals surface area (Å²) in [4.78, 5) is 10.7. The Hall–Kier alpha value is -1.42. The van der Waals surface area contributed by atoms with Gasteiger partial charge in [0, 0.05) is 5.57 Å². The fourth-order valence-corrected chi connectivity index (χ4v) is 0.931. The van der Waals surface area contributed by atoms with Crippen LogP contribution in [0.2, 0.25) is 0 Å². The summed E-state index contributed by atoms with van der Waals surface area (Å²) < 4.78 is 117. The normalized spacial score (nSPS) is 17.3. The smallest absolute Gasteiger partial charge is 0.378 e. The van der Waals surface area contributed by atoms with Crippen LogP contribution < -0.4 is 0 Å². The van der Waals surface area contributed by atoms with Crippen LogP contribution in [-0.2, 0) is 9.53 Å². The van der Waals surface area contributed by atoms with Crippen LogP contribution in [0, 0.1) is 0 Å². The zero-order valence-electron chi connectivity index (χ0n) is 10.2. The molecule has 2 nitrogen and oxygen atoms in total. The number of hydrogen-bond donors (Lipinski definition) is 0. The average molecular weight is 332 g/mol. The third-order valence-electron chi connectivity index (χ3n) is 2.16. The number of esters is 1. The minimum atomic E-state index is -6.18. The van der Waals surface area contributed by atoms with Gasteiger partial charge in [-0.05, 0) is 6.92 Å². The molecule has 0 aliphatic carbocycles. The molecule has 0 spiro atoms. The van der Waals surface area contributed by atoms with Crippen LogP contribution in [0.3, 0.4) is 0 Å². The lowest BCUT2D eigenvalue weighted by molar-refractivity contribution is -0.311. The van der Waals surface area contributed by atoms with Crippen LogP contribution in [0.1, 0.15) is 6.92 Å². The Morgan fingerprint density at radius 2 is 1.43 bits per heavy atom. The molecule has 0 bridgehead atoms. The standard InChI is InChI=1S/C10H9F9O2/c1-3(2)7(20)21-8(15)10(18,19)9(16,17)5(12)4(11)6(13)14/h4-6,8H,1H2,2H3. The fourth-order valence-electron chi connectivity index (χ4n) is 0.931. The van der Waals surface area contributed by atoms with E-state index in [1.54, 1.807) is 0 Å². The molecule has 0 radical (unpaired) electrons. The molecule has 0 saturated heterocycles. The Balaban J connectivity index is 5.26. The van der Waals surface area contributed by atoms with Crippen molar-refractivity contribution in [3.63, 3.8) is 0 Å². The first-order chi connectivity index (χ1) is 9.26. The molecule has 11 heteroatoms. The Bertz CT molecular complexity index is 396. The summed E-state index contributed by atoms with van der Waals surface area (Å²) in [6, 6.07) is 0. The van der Waals surface area contributed by atoms with Gasteiger partial charge in [-0.1, -0.05) is 6.58 Å². The third-order valence-corrected chi connectivity index (χ3v) is 2.16. The summed E-state index contributed by atoms with van der Waals surface area (Å²) >= 11 is 0. The first-order valence-electron chi connectivity index (χ1n) is 5.09. The van der Waals surface area contributed by atoms with E-state index < -0.39 is 48.5 Å². The summed E-state index contributed by atoms with van der Waals surface area (Å²) in [5.41, 5.74) is -0.649. The van der Waals surface area contributed by atoms with E-state index in [0.717, 1.165) is 6.92 Å². The predicted octanol–water partition coefficient (Wildman–Crippen LogP) is 3.61. The number of alkyl halides is 9. The van der Waals surface area contributed by atoms with Gasteiger partial charge in [0.2, 0.25) is 6.17 Å². The van der Waals surface area contributed by atoms with E-state index in [4.69, 9.17) is 0 Å². The van der Waals surface area contributed by atoms with E-state index in [9.17, 15) is 44.3 Å². The summed E-state index contributed by atoms with van der Waals surface area (Å²) in [7, 11) is 0. The van der Waals surface area contributed by atoms with Gasteiger partial charge in [-0.25, -0.2) is 22.4 Å². The summed E-state index contributed by atoms with van der Waals surface area (Å²) in [6.07, 6.45) is -17.7. The zero-order chi connectivity index (χ0) is 17.2. The van der Waals surface area contributed by atoms with Gasteiger partial charge in [-0.15, -0.1) is 0 Å². The molecule has 0 amide bonds. The predicted molar refractivity (Wildman–Crippen MR) is 51.5 cm³/mol. The molecule has 0 saturated carbocycles. The molecule has 0 aliphatic heterocycles. The fraction of sp³-hybridized carbons (Fsp3) is 0.700. The third kappa shape index (κ3) is 4.03. The van der Waals surface area contributed by atoms with Gasteiger partial charge in [0.05, 0.1) is 0 Å². The van der Waals surface area contributed by atoms with Crippen molar-refractivity contribution in [2.24, 2.45) is 0 Å². The van der Waals surface area contributed by atoms with Gasteiger partial charge in [-0.3, -0.25) is 0 Å². The van der Waals surface area contributed by atoms with Crippen LogP contribution in [0.15, 0.2) is 12.2 Å². The lowest BCUT2D eigenvalue weighted by Crippen LogP contribution is -2.57. The number of ether oxygens (including phenoxy) is 1. The highest BCUT2D eigenvalue weighted by Crippen LogP contribution is 2.44. The molecule has 0 N–H and O–H groups in total. The van der Waals surface area contributed by atoms with Crippen molar-refractivity contribution in [2.45, 2.75) is 43.9 Å². The SMILES string of the molecule is C=C(C)C(=O)OC(F)C(F)(F)C(F)(F)C(F)C(F)C(F)F. The van der Waals surface area contributed by atoms with E-state index in [0.29, 0.717) is 0 Å². The molecule has 3 unspecified atom stereocenters. The Morgan fingerprint density at radius 3 is 1.76 bits per heavy atom. The highest BCUT2D eigenvalue weighted by Gasteiger charge is 2.70. The van der Waals surface area contributed by atoms with Crippen LogP contribution in [0.25, 0.3) is 0 Å². The van der Waals surface area contributed by atoms with E-state index in [-0.39, 0.29) is 0 Å². The van der Waals surface area contributed by atoms with Crippen molar-refractivity contribution in [1.29, 1.82) is 0 Å². The quantitative estimate of drug-likeness (QED) is 0.404. The summed E-state index contributed by atoms with van der Waals surface area (Å²) in [5, 5.41) is 0. The first kappa shape index (κ1) is 19.6. The number of carbonyl (C=O) groups is 1. The van der Waals surface area contributed by atoms with Gasteiger partial charge in [0.1, 0.15) is 0 Å². The number of halogens is 9. The molecule has 0 aromatic rings.